The first-order chi connectivity index (χ1) is 16.3. The van der Waals surface area contributed by atoms with Crippen LogP contribution >= 0.6 is 0 Å². The van der Waals surface area contributed by atoms with Crippen molar-refractivity contribution in [2.45, 2.75) is 12.1 Å². The number of amidine groups is 1. The van der Waals surface area contributed by atoms with E-state index in [1.165, 1.54) is 14.2 Å². The molecule has 0 aromatic heterocycles. The normalized spacial score (nSPS) is 12.2. The van der Waals surface area contributed by atoms with Crippen LogP contribution in [0.1, 0.15) is 28.8 Å². The zero-order valence-electron chi connectivity index (χ0n) is 18.7. The molecule has 34 heavy (non-hydrogen) atoms. The Balaban J connectivity index is 1.99. The summed E-state index contributed by atoms with van der Waals surface area (Å²) in [6.45, 7) is 0. The summed E-state index contributed by atoms with van der Waals surface area (Å²) in [5.41, 5.74) is 7.56. The fourth-order valence-corrected chi connectivity index (χ4v) is 3.37. The van der Waals surface area contributed by atoms with Gasteiger partial charge in [0.05, 0.1) is 14.2 Å². The summed E-state index contributed by atoms with van der Waals surface area (Å²) in [5, 5.41) is 23.1. The highest BCUT2D eigenvalue weighted by Gasteiger charge is 2.28. The number of nitrogens with one attached hydrogen (secondary N) is 3. The molecule has 0 heterocycles. The number of ether oxygens (including phenoxy) is 2. The first-order valence-corrected chi connectivity index (χ1v) is 10.3. The van der Waals surface area contributed by atoms with Gasteiger partial charge in [0.15, 0.2) is 6.04 Å². The molecule has 6 N–H and O–H groups in total. The minimum Gasteiger partial charge on any atom is -0.497 e. The van der Waals surface area contributed by atoms with Crippen LogP contribution in [-0.4, -0.2) is 37.0 Å². The van der Waals surface area contributed by atoms with E-state index in [1.54, 1.807) is 72.8 Å². The Morgan fingerprint density at radius 3 is 1.97 bits per heavy atom. The number of aliphatic carboxylic acids is 1. The minimum absolute atomic E-state index is 0.0782. The maximum atomic E-state index is 13.4. The summed E-state index contributed by atoms with van der Waals surface area (Å²) < 4.78 is 10.7. The average Bonchev–Trinajstić information content (AvgIpc) is 2.85. The molecule has 3 rings (SSSR count). The maximum Gasteiger partial charge on any atom is 0.330 e. The molecular formula is C25H26N4O5. The highest BCUT2D eigenvalue weighted by molar-refractivity contribution is 5.95. The first kappa shape index (κ1) is 24.1. The van der Waals surface area contributed by atoms with Gasteiger partial charge < -0.3 is 30.9 Å². The number of hydrogen-bond acceptors (Lipinski definition) is 6. The molecule has 0 saturated carbocycles. The second-order valence-corrected chi connectivity index (χ2v) is 7.40. The number of carboxylic acid groups (broad SMARTS) is 1. The van der Waals surface area contributed by atoms with E-state index in [-0.39, 0.29) is 5.84 Å². The van der Waals surface area contributed by atoms with Gasteiger partial charge in [-0.2, -0.15) is 0 Å². The van der Waals surface area contributed by atoms with E-state index < -0.39 is 24.0 Å². The van der Waals surface area contributed by atoms with Crippen molar-refractivity contribution in [1.29, 1.82) is 5.41 Å². The number of carbonyl (C=O) groups is 2. The van der Waals surface area contributed by atoms with E-state index in [1.807, 2.05) is 0 Å². The predicted octanol–water partition coefficient (Wildman–Crippen LogP) is 3.08. The third-order valence-electron chi connectivity index (χ3n) is 5.14. The summed E-state index contributed by atoms with van der Waals surface area (Å²) in [5.74, 6) is -0.891. The van der Waals surface area contributed by atoms with Crippen molar-refractivity contribution in [3.05, 3.63) is 89.5 Å². The van der Waals surface area contributed by atoms with Crippen molar-refractivity contribution in [1.82, 2.24) is 5.32 Å². The van der Waals surface area contributed by atoms with Crippen LogP contribution in [0, 0.1) is 5.41 Å². The molecule has 1 unspecified atom stereocenters. The lowest BCUT2D eigenvalue weighted by Crippen LogP contribution is -2.39. The number of benzene rings is 3. The van der Waals surface area contributed by atoms with Crippen LogP contribution in [0.4, 0.5) is 5.69 Å². The molecule has 0 saturated heterocycles. The number of carbonyl (C=O) groups excluding carboxylic acids is 1. The lowest BCUT2D eigenvalue weighted by atomic mass is 10.0. The van der Waals surface area contributed by atoms with Crippen LogP contribution in [0.5, 0.6) is 11.5 Å². The number of hydrogen-bond donors (Lipinski definition) is 5. The Labute approximate surface area is 197 Å². The van der Waals surface area contributed by atoms with Crippen LogP contribution in [0.2, 0.25) is 0 Å². The van der Waals surface area contributed by atoms with Crippen molar-refractivity contribution in [3.63, 3.8) is 0 Å². The lowest BCUT2D eigenvalue weighted by molar-refractivity contribution is -0.142. The van der Waals surface area contributed by atoms with Gasteiger partial charge in [-0.15, -0.1) is 0 Å². The van der Waals surface area contributed by atoms with E-state index in [2.05, 4.69) is 10.6 Å². The summed E-state index contributed by atoms with van der Waals surface area (Å²) in [6.07, 6.45) is 0. The van der Waals surface area contributed by atoms with E-state index in [0.717, 1.165) is 0 Å². The highest BCUT2D eigenvalue weighted by atomic mass is 16.5. The van der Waals surface area contributed by atoms with Gasteiger partial charge in [-0.05, 0) is 47.5 Å². The van der Waals surface area contributed by atoms with Gasteiger partial charge in [0.25, 0.3) is 0 Å². The fraction of sp³-hybridized carbons (Fsp3) is 0.160. The number of nitrogens with two attached hydrogens (primary N) is 1. The Hall–Kier alpha value is -4.53. The molecule has 9 heteroatoms. The topological polar surface area (TPSA) is 147 Å². The summed E-state index contributed by atoms with van der Waals surface area (Å²) in [6, 6.07) is 17.9. The zero-order chi connectivity index (χ0) is 24.7. The molecule has 0 spiro atoms. The number of anilines is 1. The van der Waals surface area contributed by atoms with Crippen molar-refractivity contribution in [2.75, 3.05) is 19.5 Å². The van der Waals surface area contributed by atoms with Crippen molar-refractivity contribution < 1.29 is 24.2 Å². The van der Waals surface area contributed by atoms with E-state index in [9.17, 15) is 14.7 Å². The van der Waals surface area contributed by atoms with Crippen molar-refractivity contribution in [3.8, 4) is 11.5 Å². The van der Waals surface area contributed by atoms with Gasteiger partial charge in [-0.1, -0.05) is 30.3 Å². The minimum atomic E-state index is -1.24. The summed E-state index contributed by atoms with van der Waals surface area (Å²) in [4.78, 5) is 25.4. The van der Waals surface area contributed by atoms with Crippen LogP contribution in [-0.2, 0) is 9.59 Å². The van der Waals surface area contributed by atoms with E-state index in [4.69, 9.17) is 20.6 Å². The number of methoxy groups -OCH3 is 2. The quantitative estimate of drug-likeness (QED) is 0.230. The largest absolute Gasteiger partial charge is 0.497 e. The molecule has 0 fully saturated rings. The number of amides is 1. The van der Waals surface area contributed by atoms with Gasteiger partial charge in [-0.25, -0.2) is 4.79 Å². The number of carboxylic acids is 1. The smallest absolute Gasteiger partial charge is 0.330 e. The van der Waals surface area contributed by atoms with Gasteiger partial charge >= 0.3 is 5.97 Å². The average molecular weight is 463 g/mol. The Morgan fingerprint density at radius 2 is 1.47 bits per heavy atom. The standard InChI is InChI=1S/C25H26N4O5/c1-33-19-12-17(13-20(14-19)34-2)21(28-18-10-8-16(9-11-18)23(26)27)24(30)29-22(25(31)32)15-6-4-3-5-7-15/h3-14,21-22,28H,1-2H3,(H3,26,27)(H,29,30)(H,31,32)/t21-,22?/m1/s1. The third kappa shape index (κ3) is 5.83. The van der Waals surface area contributed by atoms with Gasteiger partial charge in [0.1, 0.15) is 23.4 Å². The molecule has 176 valence electrons. The summed E-state index contributed by atoms with van der Waals surface area (Å²) in [7, 11) is 2.99. The van der Waals surface area contributed by atoms with Crippen molar-refractivity contribution in [2.24, 2.45) is 5.73 Å². The second-order valence-electron chi connectivity index (χ2n) is 7.40. The van der Waals surface area contributed by atoms with Crippen LogP contribution in [0.25, 0.3) is 0 Å². The lowest BCUT2D eigenvalue weighted by Gasteiger charge is -2.24. The number of nitrogen functional groups attached to an aromatic ring is 1. The predicted molar refractivity (Wildman–Crippen MR) is 128 cm³/mol. The number of rotatable bonds is 10. The maximum absolute atomic E-state index is 13.4. The van der Waals surface area contributed by atoms with Crippen LogP contribution < -0.4 is 25.8 Å². The molecule has 1 amide bonds. The first-order valence-electron chi connectivity index (χ1n) is 10.3. The highest BCUT2D eigenvalue weighted by Crippen LogP contribution is 2.29. The van der Waals surface area contributed by atoms with Gasteiger partial charge in [0, 0.05) is 17.3 Å². The fourth-order valence-electron chi connectivity index (χ4n) is 3.37. The van der Waals surface area contributed by atoms with Crippen LogP contribution in [0.3, 0.4) is 0 Å². The molecular weight excluding hydrogens is 436 g/mol. The SMILES string of the molecule is COc1cc(OC)cc([C@@H](Nc2ccc(C(=N)N)cc2)C(=O)NC(C(=O)O)c2ccccc2)c1. The molecule has 0 aliphatic carbocycles. The molecule has 9 nitrogen and oxygen atoms in total. The molecule has 3 aromatic carbocycles. The monoisotopic (exact) mass is 462 g/mol. The third-order valence-corrected chi connectivity index (χ3v) is 5.14. The van der Waals surface area contributed by atoms with Gasteiger partial charge in [0.2, 0.25) is 5.91 Å². The zero-order valence-corrected chi connectivity index (χ0v) is 18.7. The Morgan fingerprint density at radius 1 is 0.882 bits per heavy atom. The molecule has 0 aliphatic rings. The molecule has 0 radical (unpaired) electrons. The van der Waals surface area contributed by atoms with E-state index in [0.29, 0.717) is 33.9 Å². The Bertz CT molecular complexity index is 1140. The van der Waals surface area contributed by atoms with Crippen molar-refractivity contribution >= 4 is 23.4 Å². The molecule has 2 atom stereocenters. The Kier molecular flexibility index (Phi) is 7.71. The molecule has 0 aliphatic heterocycles. The van der Waals surface area contributed by atoms with Crippen LogP contribution in [0.15, 0.2) is 72.8 Å². The van der Waals surface area contributed by atoms with E-state index >= 15 is 0 Å². The van der Waals surface area contributed by atoms with Gasteiger partial charge in [-0.3, -0.25) is 10.2 Å². The summed E-state index contributed by atoms with van der Waals surface area (Å²) >= 11 is 0. The second kappa shape index (κ2) is 10.9. The molecule has 3 aromatic rings. The molecule has 0 bridgehead atoms.